The van der Waals surface area contributed by atoms with Gasteiger partial charge in [-0.2, -0.15) is 0 Å². The minimum atomic E-state index is -0.499. The summed E-state index contributed by atoms with van der Waals surface area (Å²) in [6.45, 7) is 5.96. The summed E-state index contributed by atoms with van der Waals surface area (Å²) in [5.74, 6) is 0.486. The van der Waals surface area contributed by atoms with Crippen LogP contribution in [0.1, 0.15) is 59.8 Å². The first-order valence-electron chi connectivity index (χ1n) is 12.9. The van der Waals surface area contributed by atoms with Crippen LogP contribution >= 0.6 is 0 Å². The normalized spacial score (nSPS) is 15.6. The van der Waals surface area contributed by atoms with Crippen molar-refractivity contribution in [2.75, 3.05) is 25.9 Å². The van der Waals surface area contributed by atoms with E-state index in [9.17, 15) is 14.4 Å². The van der Waals surface area contributed by atoms with E-state index in [1.807, 2.05) is 32.0 Å². The molecule has 0 radical (unpaired) electrons. The second kappa shape index (κ2) is 11.6. The fraction of sp³-hybridized carbons (Fsp3) is 0.414. The number of anilines is 1. The lowest BCUT2D eigenvalue weighted by atomic mass is 9.87. The molecular weight excluding hydrogens is 468 g/mol. The van der Waals surface area contributed by atoms with Crippen molar-refractivity contribution in [2.24, 2.45) is 11.8 Å². The van der Waals surface area contributed by atoms with E-state index in [2.05, 4.69) is 34.1 Å². The van der Waals surface area contributed by atoms with Gasteiger partial charge in [0.1, 0.15) is 5.82 Å². The monoisotopic (exact) mass is 504 g/mol. The minimum absolute atomic E-state index is 0.172. The van der Waals surface area contributed by atoms with Crippen LogP contribution in [0.25, 0.3) is 0 Å². The van der Waals surface area contributed by atoms with Crippen LogP contribution in [-0.2, 0) is 17.7 Å². The number of carbonyl (C=O) groups is 1. The molecule has 3 aromatic rings. The van der Waals surface area contributed by atoms with Gasteiger partial charge in [0.25, 0.3) is 5.56 Å². The Labute approximate surface area is 217 Å². The molecule has 37 heavy (non-hydrogen) atoms. The molecule has 8 heteroatoms. The van der Waals surface area contributed by atoms with Crippen molar-refractivity contribution >= 4 is 11.8 Å². The number of hydrogen-bond donors (Lipinski definition) is 2. The number of hydrogen-bond acceptors (Lipinski definition) is 6. The molecule has 196 valence electrons. The first-order valence-corrected chi connectivity index (χ1v) is 12.9. The van der Waals surface area contributed by atoms with Gasteiger partial charge in [0, 0.05) is 6.54 Å². The molecule has 2 heterocycles. The van der Waals surface area contributed by atoms with Gasteiger partial charge < -0.3 is 10.5 Å². The quantitative estimate of drug-likeness (QED) is 0.454. The predicted octanol–water partition coefficient (Wildman–Crippen LogP) is 3.61. The molecule has 1 saturated heterocycles. The number of nitrogen functional groups attached to an aromatic ring is 1. The standard InChI is InChI=1S/C29H36N4O4/c1-19(2)18-33-26(30)24(27(34)31-29(33)36)25(22-9-11-23(12-10-22)28(35)37-3)32-15-13-21(14-16-32)17-20-7-5-4-6-8-20/h4-12,19,21,25H,13-18,30H2,1-3H3,(H,31,34,36)/t25-/m0/s1. The van der Waals surface area contributed by atoms with E-state index in [1.54, 1.807) is 12.1 Å². The number of aromatic amines is 1. The Hall–Kier alpha value is -3.65. The van der Waals surface area contributed by atoms with E-state index in [-0.39, 0.29) is 11.7 Å². The number of piperidine rings is 1. The molecule has 0 amide bonds. The topological polar surface area (TPSA) is 110 Å². The molecule has 3 N–H and O–H groups in total. The minimum Gasteiger partial charge on any atom is -0.465 e. The summed E-state index contributed by atoms with van der Waals surface area (Å²) in [4.78, 5) is 42.6. The van der Waals surface area contributed by atoms with Gasteiger partial charge in [-0.05, 0) is 67.4 Å². The van der Waals surface area contributed by atoms with E-state index in [0.29, 0.717) is 23.6 Å². The third-order valence-electron chi connectivity index (χ3n) is 7.13. The van der Waals surface area contributed by atoms with Crippen molar-refractivity contribution in [1.29, 1.82) is 0 Å². The van der Waals surface area contributed by atoms with Crippen molar-refractivity contribution in [3.05, 3.63) is 97.7 Å². The fourth-order valence-electron chi connectivity index (χ4n) is 5.26. The van der Waals surface area contributed by atoms with Gasteiger partial charge in [-0.15, -0.1) is 0 Å². The average molecular weight is 505 g/mol. The number of carbonyl (C=O) groups excluding carboxylic acids is 1. The van der Waals surface area contributed by atoms with Gasteiger partial charge in [0.2, 0.25) is 0 Å². The highest BCUT2D eigenvalue weighted by Crippen LogP contribution is 2.34. The number of aromatic nitrogens is 2. The first-order chi connectivity index (χ1) is 17.8. The van der Waals surface area contributed by atoms with Crippen LogP contribution in [0.5, 0.6) is 0 Å². The molecular formula is C29H36N4O4. The summed E-state index contributed by atoms with van der Waals surface area (Å²) in [5, 5.41) is 0. The summed E-state index contributed by atoms with van der Waals surface area (Å²) in [6.07, 6.45) is 2.99. The number of methoxy groups -OCH3 is 1. The van der Waals surface area contributed by atoms with Crippen LogP contribution in [0.4, 0.5) is 5.82 Å². The highest BCUT2D eigenvalue weighted by Gasteiger charge is 2.32. The summed E-state index contributed by atoms with van der Waals surface area (Å²) in [5.41, 5.74) is 8.54. The van der Waals surface area contributed by atoms with Gasteiger partial charge in [-0.3, -0.25) is 19.2 Å². The number of likely N-dealkylation sites (tertiary alicyclic amines) is 1. The van der Waals surface area contributed by atoms with Crippen molar-refractivity contribution in [3.8, 4) is 0 Å². The largest absolute Gasteiger partial charge is 0.465 e. The van der Waals surface area contributed by atoms with Crippen LogP contribution in [0, 0.1) is 11.8 Å². The van der Waals surface area contributed by atoms with Crippen LogP contribution < -0.4 is 17.0 Å². The third kappa shape index (κ3) is 6.02. The second-order valence-corrected chi connectivity index (χ2v) is 10.2. The lowest BCUT2D eigenvalue weighted by Crippen LogP contribution is -2.43. The van der Waals surface area contributed by atoms with Crippen molar-refractivity contribution < 1.29 is 9.53 Å². The number of benzene rings is 2. The zero-order chi connectivity index (χ0) is 26.5. The highest BCUT2D eigenvalue weighted by molar-refractivity contribution is 5.89. The molecule has 0 unspecified atom stereocenters. The van der Waals surface area contributed by atoms with Crippen molar-refractivity contribution in [3.63, 3.8) is 0 Å². The molecule has 0 aliphatic carbocycles. The Morgan fingerprint density at radius 1 is 1.05 bits per heavy atom. The molecule has 1 aromatic heterocycles. The Kier molecular flexibility index (Phi) is 8.28. The number of H-pyrrole nitrogens is 1. The van der Waals surface area contributed by atoms with E-state index < -0.39 is 23.3 Å². The second-order valence-electron chi connectivity index (χ2n) is 10.2. The van der Waals surface area contributed by atoms with Gasteiger partial charge in [0.05, 0.1) is 24.3 Å². The van der Waals surface area contributed by atoms with Crippen LogP contribution in [0.2, 0.25) is 0 Å². The Morgan fingerprint density at radius 2 is 1.70 bits per heavy atom. The van der Waals surface area contributed by atoms with E-state index in [1.165, 1.54) is 17.2 Å². The molecule has 0 saturated carbocycles. The summed E-state index contributed by atoms with van der Waals surface area (Å²) in [6, 6.07) is 17.1. The molecule has 1 fully saturated rings. The molecule has 1 aliphatic rings. The Bertz CT molecular complexity index is 1320. The summed E-state index contributed by atoms with van der Waals surface area (Å²) < 4.78 is 6.30. The lowest BCUT2D eigenvalue weighted by molar-refractivity contribution is 0.0600. The van der Waals surface area contributed by atoms with Gasteiger partial charge >= 0.3 is 11.7 Å². The molecule has 2 aromatic carbocycles. The van der Waals surface area contributed by atoms with Crippen LogP contribution in [0.15, 0.2) is 64.2 Å². The zero-order valence-corrected chi connectivity index (χ0v) is 21.8. The highest BCUT2D eigenvalue weighted by atomic mass is 16.5. The number of rotatable bonds is 8. The summed E-state index contributed by atoms with van der Waals surface area (Å²) in [7, 11) is 1.34. The molecule has 0 bridgehead atoms. The lowest BCUT2D eigenvalue weighted by Gasteiger charge is -2.38. The maximum absolute atomic E-state index is 13.2. The van der Waals surface area contributed by atoms with Gasteiger partial charge in [0.15, 0.2) is 0 Å². The van der Waals surface area contributed by atoms with E-state index in [0.717, 1.165) is 37.9 Å². The zero-order valence-electron chi connectivity index (χ0n) is 21.8. The molecule has 0 spiro atoms. The number of nitrogens with one attached hydrogen (secondary N) is 1. The van der Waals surface area contributed by atoms with Crippen LogP contribution in [-0.4, -0.2) is 40.6 Å². The first kappa shape index (κ1) is 26.4. The Balaban J connectivity index is 1.70. The molecule has 1 atom stereocenters. The smallest absolute Gasteiger partial charge is 0.337 e. The van der Waals surface area contributed by atoms with Crippen molar-refractivity contribution in [2.45, 2.75) is 45.7 Å². The van der Waals surface area contributed by atoms with Crippen LogP contribution in [0.3, 0.4) is 0 Å². The van der Waals surface area contributed by atoms with Crippen molar-refractivity contribution in [1.82, 2.24) is 14.5 Å². The SMILES string of the molecule is COC(=O)c1ccc([C@@H](c2c(N)n(CC(C)C)c(=O)[nH]c2=O)N2CCC(Cc3ccccc3)CC2)cc1. The number of ether oxygens (including phenoxy) is 1. The number of esters is 1. The third-order valence-corrected chi connectivity index (χ3v) is 7.13. The van der Waals surface area contributed by atoms with Gasteiger partial charge in [-0.1, -0.05) is 56.3 Å². The molecule has 8 nitrogen and oxygen atoms in total. The molecule has 1 aliphatic heterocycles. The van der Waals surface area contributed by atoms with E-state index >= 15 is 0 Å². The Morgan fingerprint density at radius 3 is 2.30 bits per heavy atom. The maximum atomic E-state index is 13.2. The maximum Gasteiger partial charge on any atom is 0.337 e. The predicted molar refractivity (Wildman–Crippen MR) is 145 cm³/mol. The number of nitrogens with zero attached hydrogens (tertiary/aromatic N) is 2. The average Bonchev–Trinajstić information content (AvgIpc) is 2.90. The van der Waals surface area contributed by atoms with Gasteiger partial charge in [-0.25, -0.2) is 9.59 Å². The molecule has 4 rings (SSSR count). The number of nitrogens with two attached hydrogens (primary N) is 1. The summed E-state index contributed by atoms with van der Waals surface area (Å²) >= 11 is 0. The fourth-order valence-corrected chi connectivity index (χ4v) is 5.26. The van der Waals surface area contributed by atoms with E-state index in [4.69, 9.17) is 10.5 Å².